The summed E-state index contributed by atoms with van der Waals surface area (Å²) in [4.78, 5) is 0. The van der Waals surface area contributed by atoms with Crippen LogP contribution in [0.5, 0.6) is 23.0 Å². The first kappa shape index (κ1) is 33.3. The molecular weight excluding hydrogens is 584 g/mol. The van der Waals surface area contributed by atoms with E-state index in [1.165, 1.54) is 0 Å². The van der Waals surface area contributed by atoms with Crippen molar-refractivity contribution >= 4 is 0 Å². The highest BCUT2D eigenvalue weighted by molar-refractivity contribution is 5.55. The number of aromatic hydroxyl groups is 2. The van der Waals surface area contributed by atoms with Gasteiger partial charge in [-0.1, -0.05) is 72.8 Å². The van der Waals surface area contributed by atoms with Gasteiger partial charge in [-0.3, -0.25) is 0 Å². The molecule has 0 saturated carbocycles. The number of phenols is 2. The molecule has 0 unspecified atom stereocenters. The van der Waals surface area contributed by atoms with Gasteiger partial charge in [0.2, 0.25) is 0 Å². The molecule has 8 bridgehead atoms. The first-order chi connectivity index (χ1) is 22.6. The van der Waals surface area contributed by atoms with Gasteiger partial charge in [0.15, 0.2) is 0 Å². The Morgan fingerprint density at radius 2 is 0.696 bits per heavy atom. The summed E-state index contributed by atoms with van der Waals surface area (Å²) in [5.41, 5.74) is 7.01. The lowest BCUT2D eigenvalue weighted by Gasteiger charge is -2.20. The molecule has 0 heterocycles. The van der Waals surface area contributed by atoms with Crippen LogP contribution < -0.4 is 9.47 Å². The van der Waals surface area contributed by atoms with Crippen LogP contribution in [0.25, 0.3) is 0 Å². The van der Waals surface area contributed by atoms with Gasteiger partial charge in [0.25, 0.3) is 0 Å². The zero-order valence-corrected chi connectivity index (χ0v) is 26.8. The van der Waals surface area contributed by atoms with Crippen LogP contribution in [0, 0.1) is 0 Å². The summed E-state index contributed by atoms with van der Waals surface area (Å²) >= 11 is 0. The largest absolute Gasteiger partial charge is 0.507 e. The second-order valence-electron chi connectivity index (χ2n) is 11.3. The molecule has 0 saturated heterocycles. The minimum absolute atomic E-state index is 0.260. The Kier molecular flexibility index (Phi) is 12.3. The van der Waals surface area contributed by atoms with Gasteiger partial charge in [0.05, 0.1) is 39.6 Å². The third-order valence-electron chi connectivity index (χ3n) is 8.10. The molecule has 8 nitrogen and oxygen atoms in total. The van der Waals surface area contributed by atoms with Crippen LogP contribution in [0.3, 0.4) is 0 Å². The molecule has 4 aromatic rings. The van der Waals surface area contributed by atoms with E-state index in [0.29, 0.717) is 78.5 Å². The number of rotatable bonds is 14. The van der Waals surface area contributed by atoms with Crippen LogP contribution >= 0.6 is 0 Å². The average Bonchev–Trinajstić information content (AvgIpc) is 3.05. The van der Waals surface area contributed by atoms with E-state index in [9.17, 15) is 10.2 Å². The van der Waals surface area contributed by atoms with Crippen molar-refractivity contribution in [3.63, 3.8) is 0 Å². The van der Waals surface area contributed by atoms with Gasteiger partial charge in [0.1, 0.15) is 36.2 Å². The lowest BCUT2D eigenvalue weighted by molar-refractivity contribution is 0.0541. The highest BCUT2D eigenvalue weighted by Crippen LogP contribution is 2.38. The molecule has 4 aromatic carbocycles. The predicted octanol–water partition coefficient (Wildman–Crippen LogP) is 5.86. The maximum atomic E-state index is 11.6. The Labute approximate surface area is 271 Å². The molecule has 0 radical (unpaired) electrons. The Morgan fingerprint density at radius 1 is 0.413 bits per heavy atom. The van der Waals surface area contributed by atoms with Crippen LogP contribution in [-0.4, -0.2) is 77.3 Å². The van der Waals surface area contributed by atoms with E-state index >= 15 is 0 Å². The summed E-state index contributed by atoms with van der Waals surface area (Å²) in [5, 5.41) is 23.1. The molecule has 1 aliphatic rings. The van der Waals surface area contributed by atoms with Crippen LogP contribution in [0.2, 0.25) is 0 Å². The molecule has 0 fully saturated rings. The van der Waals surface area contributed by atoms with Gasteiger partial charge >= 0.3 is 0 Å². The van der Waals surface area contributed by atoms with Crippen LogP contribution in [0.1, 0.15) is 44.5 Å². The van der Waals surface area contributed by atoms with E-state index in [1.54, 1.807) is 14.2 Å². The smallest absolute Gasteiger partial charge is 0.126 e. The van der Waals surface area contributed by atoms with Crippen molar-refractivity contribution in [2.45, 2.75) is 25.7 Å². The van der Waals surface area contributed by atoms with Gasteiger partial charge in [0, 0.05) is 39.9 Å². The van der Waals surface area contributed by atoms with E-state index in [4.69, 9.17) is 28.4 Å². The Hall–Kier alpha value is -4.08. The number of hydrogen-bond acceptors (Lipinski definition) is 8. The number of benzene rings is 4. The molecule has 46 heavy (non-hydrogen) atoms. The van der Waals surface area contributed by atoms with Crippen molar-refractivity contribution < 1.29 is 38.6 Å². The molecule has 0 amide bonds. The Morgan fingerprint density at radius 3 is 1.00 bits per heavy atom. The number of para-hydroxylation sites is 4. The standard InChI is InChI=1S/C38H44O8/c1-41-15-17-43-19-21-45-37-31-11-5-12-32(37)24-28-8-4-10-30(36(28)40)26-34-14-6-13-33(38(34)46-22-20-44-18-16-42-2)25-29-9-3-7-27(23-31)35(29)39/h3-14,39-40H,15-26H2,1-2H3. The second kappa shape index (κ2) is 17.0. The van der Waals surface area contributed by atoms with Gasteiger partial charge in [-0.15, -0.1) is 0 Å². The average molecular weight is 629 g/mol. The molecule has 244 valence electrons. The van der Waals surface area contributed by atoms with E-state index in [-0.39, 0.29) is 11.5 Å². The van der Waals surface area contributed by atoms with Crippen molar-refractivity contribution in [3.05, 3.63) is 117 Å². The molecule has 0 atom stereocenters. The minimum atomic E-state index is 0.260. The highest BCUT2D eigenvalue weighted by Gasteiger charge is 2.20. The zero-order valence-electron chi connectivity index (χ0n) is 26.8. The molecule has 0 aromatic heterocycles. The summed E-state index contributed by atoms with van der Waals surface area (Å²) in [6, 6.07) is 23.9. The molecule has 0 spiro atoms. The van der Waals surface area contributed by atoms with Crippen LogP contribution in [0.4, 0.5) is 0 Å². The normalized spacial score (nSPS) is 12.6. The summed E-state index contributed by atoms with van der Waals surface area (Å²) in [6.45, 7) is 3.59. The molecule has 8 heteroatoms. The van der Waals surface area contributed by atoms with E-state index < -0.39 is 0 Å². The van der Waals surface area contributed by atoms with Gasteiger partial charge < -0.3 is 38.6 Å². The summed E-state index contributed by atoms with van der Waals surface area (Å²) in [7, 11) is 3.29. The highest BCUT2D eigenvalue weighted by atomic mass is 16.5. The fraction of sp³-hybridized carbons (Fsp3) is 0.368. The monoisotopic (exact) mass is 628 g/mol. The quantitative estimate of drug-likeness (QED) is 0.148. The predicted molar refractivity (Wildman–Crippen MR) is 177 cm³/mol. The molecule has 2 N–H and O–H groups in total. The van der Waals surface area contributed by atoms with Crippen molar-refractivity contribution in [1.29, 1.82) is 0 Å². The van der Waals surface area contributed by atoms with Crippen LogP contribution in [0.15, 0.2) is 72.8 Å². The fourth-order valence-corrected chi connectivity index (χ4v) is 5.78. The van der Waals surface area contributed by atoms with Crippen molar-refractivity contribution in [2.24, 2.45) is 0 Å². The van der Waals surface area contributed by atoms with Gasteiger partial charge in [-0.05, 0) is 44.5 Å². The first-order valence-corrected chi connectivity index (χ1v) is 15.8. The van der Waals surface area contributed by atoms with Crippen molar-refractivity contribution in [1.82, 2.24) is 0 Å². The van der Waals surface area contributed by atoms with E-state index in [2.05, 4.69) is 0 Å². The third-order valence-corrected chi connectivity index (χ3v) is 8.10. The third kappa shape index (κ3) is 8.59. The molecule has 5 rings (SSSR count). The second-order valence-corrected chi connectivity index (χ2v) is 11.3. The lowest BCUT2D eigenvalue weighted by Crippen LogP contribution is -2.12. The molecule has 1 aliphatic carbocycles. The van der Waals surface area contributed by atoms with Crippen molar-refractivity contribution in [3.8, 4) is 23.0 Å². The Bertz CT molecular complexity index is 1360. The topological polar surface area (TPSA) is 95.8 Å². The number of ether oxygens (including phenoxy) is 6. The molecular formula is C38H44O8. The zero-order chi connectivity index (χ0) is 32.1. The Balaban J connectivity index is 1.53. The lowest BCUT2D eigenvalue weighted by atomic mass is 9.91. The maximum absolute atomic E-state index is 11.6. The summed E-state index contributed by atoms with van der Waals surface area (Å²) < 4.78 is 34.2. The number of fused-ring (bicyclic) bond motifs is 8. The number of methoxy groups -OCH3 is 2. The summed E-state index contributed by atoms with van der Waals surface area (Å²) in [5.74, 6) is 2.01. The van der Waals surface area contributed by atoms with E-state index in [0.717, 1.165) is 56.0 Å². The minimum Gasteiger partial charge on any atom is -0.507 e. The van der Waals surface area contributed by atoms with Gasteiger partial charge in [-0.2, -0.15) is 0 Å². The van der Waals surface area contributed by atoms with Crippen LogP contribution in [-0.2, 0) is 44.6 Å². The maximum Gasteiger partial charge on any atom is 0.126 e. The van der Waals surface area contributed by atoms with E-state index in [1.807, 2.05) is 72.8 Å². The number of phenolic OH excluding ortho intramolecular Hbond substituents is 2. The fourth-order valence-electron chi connectivity index (χ4n) is 5.78. The summed E-state index contributed by atoms with van der Waals surface area (Å²) in [6.07, 6.45) is 1.90. The van der Waals surface area contributed by atoms with Gasteiger partial charge in [-0.25, -0.2) is 0 Å². The number of hydrogen-bond donors (Lipinski definition) is 2. The first-order valence-electron chi connectivity index (χ1n) is 15.8. The van der Waals surface area contributed by atoms with Crippen molar-refractivity contribution in [2.75, 3.05) is 67.1 Å². The SMILES string of the molecule is COCCOCCOc1c2cccc1Cc1cccc(c1O)Cc1cccc(c1OCCOCCOC)Cc1cccc(c1O)C2. The molecule has 0 aliphatic heterocycles.